The van der Waals surface area contributed by atoms with Crippen LogP contribution < -0.4 is 41.4 Å². The number of aromatic nitrogens is 4. The number of aryl methyl sites for hydroxylation is 2. The first-order valence-electron chi connectivity index (χ1n) is 26.7. The van der Waals surface area contributed by atoms with Gasteiger partial charge in [0.15, 0.2) is 0 Å². The van der Waals surface area contributed by atoms with Crippen molar-refractivity contribution in [2.75, 3.05) is 41.7 Å². The molecule has 2 aromatic heterocycles. The molecular weight excluding hydrogens is 1110 g/mol. The molecule has 18 nitrogen and oxygen atoms in total. The molecule has 83 heavy (non-hydrogen) atoms. The SMILES string of the molecule is COc1ccc(C(OC[C@H]2O[C@@H](n3cc(C)c(=O)[nH]c3=O)C[C@@H]2OP(F)(=S)OC[C@H]2O[C@@H](n3cc(C)c(=O)[nH]c3=O)C[C@@H]2OC(c2ccccc2)(c2ccc(OC)cc2)c2ccc(OC)cc2)(c2ccccc2)c2ccc(OC)cc2)cc1. The number of rotatable bonds is 22. The molecule has 0 bridgehead atoms. The fourth-order valence-electron chi connectivity index (χ4n) is 10.8. The molecule has 8 aromatic rings. The maximum atomic E-state index is 17.7. The van der Waals surface area contributed by atoms with Gasteiger partial charge < -0.3 is 42.4 Å². The molecule has 6 aromatic carbocycles. The number of hydrogen-bond acceptors (Lipinski definition) is 15. The molecule has 0 spiro atoms. The Morgan fingerprint density at radius 1 is 0.518 bits per heavy atom. The number of H-pyrrole nitrogens is 2. The Bertz CT molecular complexity index is 3720. The fourth-order valence-corrected chi connectivity index (χ4v) is 12.2. The van der Waals surface area contributed by atoms with Gasteiger partial charge in [-0.05, 0) is 108 Å². The van der Waals surface area contributed by atoms with Crippen molar-refractivity contribution in [2.24, 2.45) is 0 Å². The van der Waals surface area contributed by atoms with Crippen molar-refractivity contribution in [3.05, 3.63) is 256 Å². The summed E-state index contributed by atoms with van der Waals surface area (Å²) in [7, 11) is 6.29. The van der Waals surface area contributed by atoms with Crippen molar-refractivity contribution in [1.29, 1.82) is 0 Å². The van der Waals surface area contributed by atoms with E-state index in [0.29, 0.717) is 50.8 Å². The van der Waals surface area contributed by atoms with Crippen molar-refractivity contribution in [3.8, 4) is 23.0 Å². The summed E-state index contributed by atoms with van der Waals surface area (Å²) in [6.07, 6.45) is -4.00. The van der Waals surface area contributed by atoms with Crippen molar-refractivity contribution < 1.29 is 51.1 Å². The molecule has 0 saturated carbocycles. The molecule has 1 unspecified atom stereocenters. The second kappa shape index (κ2) is 25.0. The van der Waals surface area contributed by atoms with E-state index in [9.17, 15) is 19.2 Å². The van der Waals surface area contributed by atoms with Crippen LogP contribution in [-0.2, 0) is 51.0 Å². The monoisotopic (exact) mass is 1170 g/mol. The van der Waals surface area contributed by atoms with E-state index in [4.69, 9.17) is 58.7 Å². The molecule has 21 heteroatoms. The summed E-state index contributed by atoms with van der Waals surface area (Å²) in [6.45, 7) is -2.59. The Morgan fingerprint density at radius 3 is 1.27 bits per heavy atom. The lowest BCUT2D eigenvalue weighted by Gasteiger charge is -2.39. The van der Waals surface area contributed by atoms with Crippen LogP contribution in [0, 0.1) is 13.8 Å². The normalized spacial score (nSPS) is 19.7. The highest BCUT2D eigenvalue weighted by molar-refractivity contribution is 8.07. The van der Waals surface area contributed by atoms with E-state index in [-0.39, 0.29) is 30.6 Å². The third kappa shape index (κ3) is 12.2. The predicted molar refractivity (Wildman–Crippen MR) is 311 cm³/mol. The molecule has 432 valence electrons. The maximum Gasteiger partial charge on any atom is 0.366 e. The smallest absolute Gasteiger partial charge is 0.366 e. The van der Waals surface area contributed by atoms with Crippen molar-refractivity contribution in [1.82, 2.24) is 19.1 Å². The lowest BCUT2D eigenvalue weighted by molar-refractivity contribution is -0.101. The van der Waals surface area contributed by atoms with Crippen LogP contribution in [0.2, 0.25) is 0 Å². The highest BCUT2D eigenvalue weighted by atomic mass is 32.5. The molecule has 10 rings (SSSR count). The van der Waals surface area contributed by atoms with Crippen LogP contribution in [0.3, 0.4) is 0 Å². The molecule has 2 aliphatic heterocycles. The average Bonchev–Trinajstić information content (AvgIpc) is 3.66. The van der Waals surface area contributed by atoms with E-state index in [2.05, 4.69) is 9.97 Å². The van der Waals surface area contributed by atoms with Crippen LogP contribution in [0.4, 0.5) is 4.20 Å². The topological polar surface area (TPSA) is 202 Å². The third-order valence-electron chi connectivity index (χ3n) is 15.1. The number of hydrogen-bond donors (Lipinski definition) is 2. The second-order valence-corrected chi connectivity index (χ2v) is 22.7. The Labute approximate surface area is 482 Å². The van der Waals surface area contributed by atoms with E-state index in [1.54, 1.807) is 42.3 Å². The molecule has 0 radical (unpaired) electrons. The highest BCUT2D eigenvalue weighted by Gasteiger charge is 2.49. The van der Waals surface area contributed by atoms with E-state index in [1.807, 2.05) is 158 Å². The van der Waals surface area contributed by atoms with Crippen LogP contribution >= 0.6 is 6.80 Å². The van der Waals surface area contributed by atoms with Crippen LogP contribution in [-0.4, -0.2) is 85.2 Å². The van der Waals surface area contributed by atoms with Gasteiger partial charge >= 0.3 is 18.2 Å². The zero-order valence-corrected chi connectivity index (χ0v) is 48.0. The van der Waals surface area contributed by atoms with Gasteiger partial charge in [0.25, 0.3) is 11.1 Å². The predicted octanol–water partition coefficient (Wildman–Crippen LogP) is 9.29. The van der Waals surface area contributed by atoms with Crippen molar-refractivity contribution in [3.63, 3.8) is 0 Å². The van der Waals surface area contributed by atoms with Gasteiger partial charge in [0.05, 0.1) is 47.8 Å². The van der Waals surface area contributed by atoms with Crippen molar-refractivity contribution >= 4 is 18.6 Å². The number of aromatic amines is 2. The van der Waals surface area contributed by atoms with E-state index in [0.717, 1.165) is 5.56 Å². The summed E-state index contributed by atoms with van der Waals surface area (Å²) in [5.74, 6) is 2.42. The minimum absolute atomic E-state index is 0.00672. The van der Waals surface area contributed by atoms with Gasteiger partial charge in [0.2, 0.25) is 0 Å². The van der Waals surface area contributed by atoms with E-state index < -0.39 is 84.0 Å². The molecule has 4 heterocycles. The molecule has 7 atom stereocenters. The minimum atomic E-state index is -4.88. The van der Waals surface area contributed by atoms with Gasteiger partial charge in [0, 0.05) is 36.4 Å². The van der Waals surface area contributed by atoms with Gasteiger partial charge in [-0.15, -0.1) is 0 Å². The standard InChI is InChI=1S/C62H62FN4O14PS/c1-39-35-66(59(70)64-57(39)68)55-33-51(80-62(42-15-11-8-12-16-42,45-21-29-49(74-5)30-22-45)46-23-31-50(75-6)32-24-46)54(79-55)38-77-82(63,83)81-52-34-56(67-36-40(2)58(69)65-60(67)71)78-53(52)37-76-61(41-13-9-7-10-14-41,43-17-25-47(72-3)26-18-43)44-19-27-48(73-4)28-20-44/h7-32,35-36,51-56H,33-34,37-38H2,1-6H3,(H,64,68,70)(H,65,69,71)/t51-,52-,53+,54+,55+,56+,82?/m0/s1. The Kier molecular flexibility index (Phi) is 17.6. The molecular formula is C62H62FN4O14PS. The zero-order chi connectivity index (χ0) is 58.5. The Morgan fingerprint density at radius 2 is 0.867 bits per heavy atom. The first-order chi connectivity index (χ1) is 40.1. The van der Waals surface area contributed by atoms with Gasteiger partial charge in [-0.1, -0.05) is 109 Å². The Hall–Kier alpha value is -7.78. The van der Waals surface area contributed by atoms with E-state index >= 15 is 4.20 Å². The maximum absolute atomic E-state index is 17.7. The van der Waals surface area contributed by atoms with E-state index in [1.165, 1.54) is 21.5 Å². The third-order valence-corrected chi connectivity index (χ3v) is 16.6. The first-order valence-corrected chi connectivity index (χ1v) is 29.2. The molecule has 2 saturated heterocycles. The molecule has 0 aliphatic carbocycles. The zero-order valence-electron chi connectivity index (χ0n) is 46.3. The summed E-state index contributed by atoms with van der Waals surface area (Å²) in [5.41, 5.74) is -0.706. The van der Waals surface area contributed by atoms with Crippen LogP contribution in [0.25, 0.3) is 0 Å². The minimum Gasteiger partial charge on any atom is -0.497 e. The summed E-state index contributed by atoms with van der Waals surface area (Å²) in [6, 6.07) is 48.7. The van der Waals surface area contributed by atoms with Crippen molar-refractivity contribution in [2.45, 2.75) is 74.8 Å². The quantitative estimate of drug-likeness (QED) is 0.0480. The number of nitrogens with zero attached hydrogens (tertiary/aromatic N) is 2. The summed E-state index contributed by atoms with van der Waals surface area (Å²) in [5, 5.41) is 0. The van der Waals surface area contributed by atoms with Gasteiger partial charge in [-0.2, -0.15) is 4.20 Å². The highest BCUT2D eigenvalue weighted by Crippen LogP contribution is 2.55. The average molecular weight is 1170 g/mol. The lowest BCUT2D eigenvalue weighted by atomic mass is 9.79. The number of ether oxygens (including phenoxy) is 8. The van der Waals surface area contributed by atoms with Gasteiger partial charge in [0.1, 0.15) is 65.0 Å². The molecule has 2 fully saturated rings. The summed E-state index contributed by atoms with van der Waals surface area (Å²) < 4.78 is 82.9. The molecule has 0 amide bonds. The second-order valence-electron chi connectivity index (χ2n) is 20.0. The van der Waals surface area contributed by atoms with Gasteiger partial charge in [-0.25, -0.2) is 9.59 Å². The Balaban J connectivity index is 1.01. The number of nitrogens with one attached hydrogen (secondary N) is 2. The summed E-state index contributed by atoms with van der Waals surface area (Å²) >= 11 is 5.67. The number of methoxy groups -OCH3 is 4. The molecule has 2 N–H and O–H groups in total. The molecule has 2 aliphatic rings. The lowest BCUT2D eigenvalue weighted by Crippen LogP contribution is -2.41. The first kappa shape index (κ1) is 58.4. The largest absolute Gasteiger partial charge is 0.497 e. The van der Waals surface area contributed by atoms with Crippen LogP contribution in [0.15, 0.2) is 189 Å². The van der Waals surface area contributed by atoms with Crippen LogP contribution in [0.5, 0.6) is 23.0 Å². The fraction of sp³-hybridized carbons (Fsp3) is 0.290. The van der Waals surface area contributed by atoms with Crippen LogP contribution in [0.1, 0.15) is 69.8 Å². The van der Waals surface area contributed by atoms with Gasteiger partial charge in [-0.3, -0.25) is 33.2 Å². The summed E-state index contributed by atoms with van der Waals surface area (Å²) in [4.78, 5) is 57.0. The number of benzene rings is 6. The number of halogens is 1.